The van der Waals surface area contributed by atoms with Gasteiger partial charge in [0, 0.05) is 26.2 Å². The van der Waals surface area contributed by atoms with Gasteiger partial charge in [-0.3, -0.25) is 9.69 Å². The third-order valence-corrected chi connectivity index (χ3v) is 3.95. The molecule has 1 atom stereocenters. The Morgan fingerprint density at radius 1 is 1.27 bits per heavy atom. The smallest absolute Gasteiger partial charge is 0.416 e. The van der Waals surface area contributed by atoms with Crippen molar-refractivity contribution in [1.29, 1.82) is 0 Å². The number of carboxylic acid groups (broad SMARTS) is 1. The lowest BCUT2D eigenvalue weighted by molar-refractivity contribution is -0.144. The van der Waals surface area contributed by atoms with Crippen molar-refractivity contribution in [2.45, 2.75) is 18.6 Å². The van der Waals surface area contributed by atoms with E-state index in [1.807, 2.05) is 11.9 Å². The predicted molar refractivity (Wildman–Crippen MR) is 75.6 cm³/mol. The molecule has 0 aliphatic carbocycles. The van der Waals surface area contributed by atoms with Crippen molar-refractivity contribution in [3.63, 3.8) is 0 Å². The van der Waals surface area contributed by atoms with E-state index >= 15 is 0 Å². The predicted octanol–water partition coefficient (Wildman–Crippen LogP) is 1.95. The molecule has 0 saturated carbocycles. The first-order valence-electron chi connectivity index (χ1n) is 7.09. The van der Waals surface area contributed by atoms with E-state index in [0.717, 1.165) is 25.2 Å². The SMILES string of the molecule is CN1CCN([C@@H](Cc2cccc(C(F)(F)F)c2)C(=O)O)CC1. The first kappa shape index (κ1) is 16.8. The second-order valence-electron chi connectivity index (χ2n) is 5.60. The van der Waals surface area contributed by atoms with Crippen LogP contribution < -0.4 is 0 Å². The molecule has 1 aliphatic rings. The highest BCUT2D eigenvalue weighted by Gasteiger charge is 2.32. The summed E-state index contributed by atoms with van der Waals surface area (Å²) < 4.78 is 38.2. The molecule has 1 aliphatic heterocycles. The number of aliphatic carboxylic acids is 1. The van der Waals surface area contributed by atoms with Gasteiger partial charge in [-0.25, -0.2) is 0 Å². The summed E-state index contributed by atoms with van der Waals surface area (Å²) in [6.45, 7) is 2.72. The summed E-state index contributed by atoms with van der Waals surface area (Å²) in [6, 6.07) is 4.10. The summed E-state index contributed by atoms with van der Waals surface area (Å²) in [7, 11) is 1.96. The number of hydrogen-bond donors (Lipinski definition) is 1. The van der Waals surface area contributed by atoms with E-state index in [1.165, 1.54) is 6.07 Å². The van der Waals surface area contributed by atoms with Gasteiger partial charge in [-0.05, 0) is 25.1 Å². The van der Waals surface area contributed by atoms with Crippen LogP contribution in [-0.4, -0.2) is 60.1 Å². The monoisotopic (exact) mass is 316 g/mol. The van der Waals surface area contributed by atoms with Crippen molar-refractivity contribution in [1.82, 2.24) is 9.80 Å². The molecule has 1 heterocycles. The summed E-state index contributed by atoms with van der Waals surface area (Å²) in [5.74, 6) is -0.998. The molecule has 1 saturated heterocycles. The van der Waals surface area contributed by atoms with Gasteiger partial charge in [-0.15, -0.1) is 0 Å². The lowest BCUT2D eigenvalue weighted by Crippen LogP contribution is -2.52. The van der Waals surface area contributed by atoms with Crippen molar-refractivity contribution in [3.8, 4) is 0 Å². The molecule has 1 aromatic rings. The van der Waals surface area contributed by atoms with Crippen LogP contribution in [0.2, 0.25) is 0 Å². The Kier molecular flexibility index (Phi) is 5.08. The molecule has 2 rings (SSSR count). The third-order valence-electron chi connectivity index (χ3n) is 3.95. The molecule has 0 unspecified atom stereocenters. The van der Waals surface area contributed by atoms with Gasteiger partial charge in [0.25, 0.3) is 0 Å². The van der Waals surface area contributed by atoms with Crippen molar-refractivity contribution in [2.24, 2.45) is 0 Å². The molecule has 1 N–H and O–H groups in total. The second kappa shape index (κ2) is 6.66. The normalized spacial score (nSPS) is 19.1. The van der Waals surface area contributed by atoms with Crippen LogP contribution in [0.3, 0.4) is 0 Å². The van der Waals surface area contributed by atoms with Gasteiger partial charge in [-0.2, -0.15) is 13.2 Å². The summed E-state index contributed by atoms with van der Waals surface area (Å²) in [5, 5.41) is 9.40. The van der Waals surface area contributed by atoms with Crippen LogP contribution in [0, 0.1) is 0 Å². The lowest BCUT2D eigenvalue weighted by atomic mass is 10.0. The number of benzene rings is 1. The number of carboxylic acids is 1. The fourth-order valence-electron chi connectivity index (χ4n) is 2.60. The Bertz CT molecular complexity index is 526. The maximum Gasteiger partial charge on any atom is 0.416 e. The van der Waals surface area contributed by atoms with Crippen LogP contribution in [0.4, 0.5) is 13.2 Å². The molecule has 122 valence electrons. The minimum Gasteiger partial charge on any atom is -0.480 e. The van der Waals surface area contributed by atoms with Gasteiger partial charge in [-0.1, -0.05) is 18.2 Å². The van der Waals surface area contributed by atoms with Gasteiger partial charge >= 0.3 is 12.1 Å². The first-order valence-corrected chi connectivity index (χ1v) is 7.09. The zero-order valence-corrected chi connectivity index (χ0v) is 12.3. The van der Waals surface area contributed by atoms with E-state index in [-0.39, 0.29) is 6.42 Å². The van der Waals surface area contributed by atoms with Gasteiger partial charge in [0.05, 0.1) is 5.56 Å². The van der Waals surface area contributed by atoms with E-state index in [2.05, 4.69) is 4.90 Å². The fourth-order valence-corrected chi connectivity index (χ4v) is 2.60. The zero-order chi connectivity index (χ0) is 16.3. The van der Waals surface area contributed by atoms with E-state index in [4.69, 9.17) is 0 Å². The molecule has 1 fully saturated rings. The molecule has 0 aromatic heterocycles. The summed E-state index contributed by atoms with van der Waals surface area (Å²) in [4.78, 5) is 15.4. The third kappa shape index (κ3) is 4.20. The lowest BCUT2D eigenvalue weighted by Gasteiger charge is -2.36. The summed E-state index contributed by atoms with van der Waals surface area (Å²) in [5.41, 5.74) is -0.353. The largest absolute Gasteiger partial charge is 0.480 e. The maximum absolute atomic E-state index is 12.7. The van der Waals surface area contributed by atoms with E-state index in [0.29, 0.717) is 18.7 Å². The van der Waals surface area contributed by atoms with Gasteiger partial charge in [0.1, 0.15) is 6.04 Å². The van der Waals surface area contributed by atoms with E-state index in [1.54, 1.807) is 6.07 Å². The average molecular weight is 316 g/mol. The number of carbonyl (C=O) groups is 1. The van der Waals surface area contributed by atoms with Crippen LogP contribution >= 0.6 is 0 Å². The minimum absolute atomic E-state index is 0.0724. The number of likely N-dealkylation sites (N-methyl/N-ethyl adjacent to an activating group) is 1. The summed E-state index contributed by atoms with van der Waals surface area (Å²) in [6.07, 6.45) is -4.34. The fraction of sp³-hybridized carbons (Fsp3) is 0.533. The van der Waals surface area contributed by atoms with Gasteiger partial charge < -0.3 is 10.0 Å². The van der Waals surface area contributed by atoms with Gasteiger partial charge in [0.2, 0.25) is 0 Å². The molecule has 0 radical (unpaired) electrons. The number of rotatable bonds is 4. The standard InChI is InChI=1S/C15H19F3N2O2/c1-19-5-7-20(8-6-19)13(14(21)22)10-11-3-2-4-12(9-11)15(16,17)18/h2-4,9,13H,5-8,10H2,1H3,(H,21,22)/t13-/m0/s1. The zero-order valence-electron chi connectivity index (χ0n) is 12.3. The van der Waals surface area contributed by atoms with Crippen molar-refractivity contribution in [3.05, 3.63) is 35.4 Å². The van der Waals surface area contributed by atoms with Crippen molar-refractivity contribution < 1.29 is 23.1 Å². The van der Waals surface area contributed by atoms with Crippen molar-refractivity contribution >= 4 is 5.97 Å². The number of halogens is 3. The van der Waals surface area contributed by atoms with Gasteiger partial charge in [0.15, 0.2) is 0 Å². The highest BCUT2D eigenvalue weighted by molar-refractivity contribution is 5.74. The Morgan fingerprint density at radius 3 is 2.45 bits per heavy atom. The topological polar surface area (TPSA) is 43.8 Å². The Morgan fingerprint density at radius 2 is 1.91 bits per heavy atom. The average Bonchev–Trinajstić information content (AvgIpc) is 2.45. The summed E-state index contributed by atoms with van der Waals surface area (Å²) >= 11 is 0. The molecular formula is C15H19F3N2O2. The number of nitrogens with zero attached hydrogens (tertiary/aromatic N) is 2. The molecule has 1 aromatic carbocycles. The minimum atomic E-state index is -4.41. The van der Waals surface area contributed by atoms with Crippen LogP contribution in [0.1, 0.15) is 11.1 Å². The molecule has 0 amide bonds. The van der Waals surface area contributed by atoms with E-state index < -0.39 is 23.8 Å². The molecule has 7 heteroatoms. The first-order chi connectivity index (χ1) is 10.3. The number of alkyl halides is 3. The Labute approximate surface area is 127 Å². The Balaban J connectivity index is 2.13. The number of piperazine rings is 1. The van der Waals surface area contributed by atoms with E-state index in [9.17, 15) is 23.1 Å². The number of hydrogen-bond acceptors (Lipinski definition) is 3. The molecule has 0 spiro atoms. The quantitative estimate of drug-likeness (QED) is 0.922. The molecule has 0 bridgehead atoms. The second-order valence-corrected chi connectivity index (χ2v) is 5.60. The highest BCUT2D eigenvalue weighted by Crippen LogP contribution is 2.30. The van der Waals surface area contributed by atoms with Crippen LogP contribution in [0.5, 0.6) is 0 Å². The van der Waals surface area contributed by atoms with Crippen LogP contribution in [0.15, 0.2) is 24.3 Å². The highest BCUT2D eigenvalue weighted by atomic mass is 19.4. The van der Waals surface area contributed by atoms with Crippen LogP contribution in [0.25, 0.3) is 0 Å². The molecule has 4 nitrogen and oxygen atoms in total. The van der Waals surface area contributed by atoms with Crippen molar-refractivity contribution in [2.75, 3.05) is 33.2 Å². The molecule has 22 heavy (non-hydrogen) atoms. The maximum atomic E-state index is 12.7. The molecular weight excluding hydrogens is 297 g/mol. The Hall–Kier alpha value is -1.60. The van der Waals surface area contributed by atoms with Crippen LogP contribution in [-0.2, 0) is 17.4 Å².